The van der Waals surface area contributed by atoms with Crippen molar-refractivity contribution in [3.05, 3.63) is 61.1 Å². The van der Waals surface area contributed by atoms with Crippen LogP contribution in [0.4, 0.5) is 0 Å². The van der Waals surface area contributed by atoms with Gasteiger partial charge in [0.2, 0.25) is 0 Å². The van der Waals surface area contributed by atoms with Crippen molar-refractivity contribution >= 4 is 22.1 Å². The minimum atomic E-state index is 0.741. The number of aromatic nitrogens is 4. The molecule has 0 saturated heterocycles. The van der Waals surface area contributed by atoms with Gasteiger partial charge in [0.15, 0.2) is 5.65 Å². The molecule has 0 aliphatic carbocycles. The lowest BCUT2D eigenvalue weighted by Crippen LogP contribution is -1.90. The van der Waals surface area contributed by atoms with Gasteiger partial charge in [0.25, 0.3) is 0 Å². The van der Waals surface area contributed by atoms with Crippen molar-refractivity contribution in [2.45, 2.75) is 0 Å². The zero-order valence-corrected chi connectivity index (χ0v) is 10.6. The number of nitrogens with zero attached hydrogens (tertiary/aromatic N) is 4. The Labute approximate surface area is 115 Å². The molecular formula is C16H10N4. The molecule has 4 aromatic rings. The monoisotopic (exact) mass is 258 g/mol. The number of rotatable bonds is 1. The second kappa shape index (κ2) is 4.35. The fraction of sp³-hybridized carbons (Fsp3) is 0. The zero-order chi connectivity index (χ0) is 13.4. The molecule has 0 atom stereocenters. The zero-order valence-electron chi connectivity index (χ0n) is 10.6. The maximum Gasteiger partial charge on any atom is 0.159 e. The molecule has 1 aromatic carbocycles. The highest BCUT2D eigenvalue weighted by molar-refractivity contribution is 5.81. The summed E-state index contributed by atoms with van der Waals surface area (Å²) in [6, 6.07) is 13.8. The molecule has 0 saturated carbocycles. The Kier molecular flexibility index (Phi) is 2.39. The Morgan fingerprint density at radius 1 is 0.750 bits per heavy atom. The lowest BCUT2D eigenvalue weighted by molar-refractivity contribution is 1.26. The van der Waals surface area contributed by atoms with Gasteiger partial charge in [-0.1, -0.05) is 12.1 Å². The van der Waals surface area contributed by atoms with Gasteiger partial charge in [0.1, 0.15) is 0 Å². The van der Waals surface area contributed by atoms with Crippen LogP contribution in [0.1, 0.15) is 0 Å². The van der Waals surface area contributed by atoms with Gasteiger partial charge in [-0.2, -0.15) is 0 Å². The molecule has 20 heavy (non-hydrogen) atoms. The molecule has 0 unspecified atom stereocenters. The lowest BCUT2D eigenvalue weighted by atomic mass is 10.1. The third-order valence-electron chi connectivity index (χ3n) is 3.20. The molecular weight excluding hydrogens is 248 g/mol. The fourth-order valence-corrected chi connectivity index (χ4v) is 2.20. The predicted octanol–water partition coefficient (Wildman–Crippen LogP) is 3.24. The Hall–Kier alpha value is -2.88. The SMILES string of the molecule is c1cnc2ncc(-c3cnc4ccccc4n3)cc2c1. The van der Waals surface area contributed by atoms with Gasteiger partial charge < -0.3 is 0 Å². The van der Waals surface area contributed by atoms with Crippen LogP contribution in [0.25, 0.3) is 33.3 Å². The van der Waals surface area contributed by atoms with Crippen molar-refractivity contribution < 1.29 is 0 Å². The van der Waals surface area contributed by atoms with Gasteiger partial charge in [-0.05, 0) is 30.3 Å². The van der Waals surface area contributed by atoms with Crippen LogP contribution in [-0.4, -0.2) is 19.9 Å². The van der Waals surface area contributed by atoms with E-state index in [-0.39, 0.29) is 0 Å². The first-order chi connectivity index (χ1) is 9.90. The van der Waals surface area contributed by atoms with Gasteiger partial charge in [0.05, 0.1) is 22.9 Å². The number of hydrogen-bond acceptors (Lipinski definition) is 4. The molecule has 3 aromatic heterocycles. The molecule has 0 aliphatic heterocycles. The van der Waals surface area contributed by atoms with Crippen molar-refractivity contribution in [3.8, 4) is 11.3 Å². The smallest absolute Gasteiger partial charge is 0.159 e. The van der Waals surface area contributed by atoms with E-state index in [4.69, 9.17) is 0 Å². The van der Waals surface area contributed by atoms with Gasteiger partial charge in [-0.25, -0.2) is 15.0 Å². The number of pyridine rings is 2. The van der Waals surface area contributed by atoms with E-state index in [2.05, 4.69) is 19.9 Å². The van der Waals surface area contributed by atoms with Gasteiger partial charge in [-0.3, -0.25) is 4.98 Å². The van der Waals surface area contributed by atoms with Crippen LogP contribution in [0.5, 0.6) is 0 Å². The Morgan fingerprint density at radius 3 is 2.60 bits per heavy atom. The van der Waals surface area contributed by atoms with Crippen LogP contribution in [0.15, 0.2) is 61.1 Å². The topological polar surface area (TPSA) is 51.6 Å². The molecule has 4 rings (SSSR count). The summed E-state index contributed by atoms with van der Waals surface area (Å²) in [6.07, 6.45) is 5.31. The van der Waals surface area contributed by atoms with Crippen LogP contribution < -0.4 is 0 Å². The van der Waals surface area contributed by atoms with Crippen molar-refractivity contribution in [2.24, 2.45) is 0 Å². The van der Waals surface area contributed by atoms with Crippen LogP contribution in [0.3, 0.4) is 0 Å². The Balaban J connectivity index is 1.91. The molecule has 0 bridgehead atoms. The van der Waals surface area contributed by atoms with E-state index in [1.54, 1.807) is 18.6 Å². The van der Waals surface area contributed by atoms with E-state index in [0.717, 1.165) is 33.3 Å². The maximum atomic E-state index is 4.63. The third-order valence-corrected chi connectivity index (χ3v) is 3.20. The first kappa shape index (κ1) is 11.0. The molecule has 0 aliphatic rings. The summed E-state index contributed by atoms with van der Waals surface area (Å²) in [5.74, 6) is 0. The van der Waals surface area contributed by atoms with E-state index in [0.29, 0.717) is 0 Å². The molecule has 4 heteroatoms. The highest BCUT2D eigenvalue weighted by atomic mass is 14.8. The van der Waals surface area contributed by atoms with Crippen LogP contribution in [0.2, 0.25) is 0 Å². The lowest BCUT2D eigenvalue weighted by Gasteiger charge is -2.03. The van der Waals surface area contributed by atoms with Crippen LogP contribution in [0, 0.1) is 0 Å². The third kappa shape index (κ3) is 1.78. The number of hydrogen-bond donors (Lipinski definition) is 0. The van der Waals surface area contributed by atoms with E-state index < -0.39 is 0 Å². The summed E-state index contributed by atoms with van der Waals surface area (Å²) in [5, 5.41) is 1.000. The summed E-state index contributed by atoms with van der Waals surface area (Å²) < 4.78 is 0. The van der Waals surface area contributed by atoms with Crippen molar-refractivity contribution in [2.75, 3.05) is 0 Å². The van der Waals surface area contributed by atoms with E-state index >= 15 is 0 Å². The van der Waals surface area contributed by atoms with Gasteiger partial charge in [-0.15, -0.1) is 0 Å². The summed E-state index contributed by atoms with van der Waals surface area (Å²) >= 11 is 0. The first-order valence-electron chi connectivity index (χ1n) is 6.33. The molecule has 3 heterocycles. The van der Waals surface area contributed by atoms with Crippen molar-refractivity contribution in [1.29, 1.82) is 0 Å². The van der Waals surface area contributed by atoms with E-state index in [1.165, 1.54) is 0 Å². The molecule has 0 amide bonds. The van der Waals surface area contributed by atoms with Crippen LogP contribution >= 0.6 is 0 Å². The first-order valence-corrected chi connectivity index (χ1v) is 6.33. The summed E-state index contributed by atoms with van der Waals surface area (Å²) in [7, 11) is 0. The average molecular weight is 258 g/mol. The number of benzene rings is 1. The predicted molar refractivity (Wildman–Crippen MR) is 78.1 cm³/mol. The fourth-order valence-electron chi connectivity index (χ4n) is 2.20. The Bertz CT molecular complexity index is 841. The Morgan fingerprint density at radius 2 is 1.65 bits per heavy atom. The summed E-state index contributed by atoms with van der Waals surface area (Å²) in [5.41, 5.74) is 4.29. The van der Waals surface area contributed by atoms with Crippen molar-refractivity contribution in [1.82, 2.24) is 19.9 Å². The highest BCUT2D eigenvalue weighted by Gasteiger charge is 2.04. The molecule has 0 fully saturated rings. The van der Waals surface area contributed by atoms with Gasteiger partial charge >= 0.3 is 0 Å². The second-order valence-electron chi connectivity index (χ2n) is 4.52. The maximum absolute atomic E-state index is 4.63. The summed E-state index contributed by atoms with van der Waals surface area (Å²) in [4.78, 5) is 17.6. The molecule has 0 spiro atoms. The quantitative estimate of drug-likeness (QED) is 0.526. The molecule has 0 N–H and O–H groups in total. The molecule has 4 nitrogen and oxygen atoms in total. The summed E-state index contributed by atoms with van der Waals surface area (Å²) in [6.45, 7) is 0. The number of para-hydroxylation sites is 2. The van der Waals surface area contributed by atoms with E-state index in [9.17, 15) is 0 Å². The van der Waals surface area contributed by atoms with E-state index in [1.807, 2.05) is 42.5 Å². The molecule has 94 valence electrons. The number of fused-ring (bicyclic) bond motifs is 2. The normalized spacial score (nSPS) is 11.0. The van der Waals surface area contributed by atoms with Gasteiger partial charge in [0, 0.05) is 23.3 Å². The molecule has 0 radical (unpaired) electrons. The minimum Gasteiger partial charge on any atom is -0.252 e. The second-order valence-corrected chi connectivity index (χ2v) is 4.52. The largest absolute Gasteiger partial charge is 0.252 e. The van der Waals surface area contributed by atoms with Crippen LogP contribution in [-0.2, 0) is 0 Å². The minimum absolute atomic E-state index is 0.741. The van der Waals surface area contributed by atoms with Crippen molar-refractivity contribution in [3.63, 3.8) is 0 Å². The standard InChI is InChI=1S/C16H10N4/c1-2-6-14-13(5-1)18-10-15(20-14)12-8-11-4-3-7-17-16(11)19-9-12/h1-10H. The average Bonchev–Trinajstić information content (AvgIpc) is 2.54. The highest BCUT2D eigenvalue weighted by Crippen LogP contribution is 2.21.